The van der Waals surface area contributed by atoms with Crippen LogP contribution in [0.2, 0.25) is 5.02 Å². The molecule has 5 atom stereocenters. The maximum atomic E-state index is 10.4. The molecular formula is C21H22ClNO5. The second-order valence-electron chi connectivity index (χ2n) is 7.14. The summed E-state index contributed by atoms with van der Waals surface area (Å²) in [7, 11) is 0. The van der Waals surface area contributed by atoms with Gasteiger partial charge in [0, 0.05) is 23.3 Å². The van der Waals surface area contributed by atoms with E-state index < -0.39 is 37.1 Å². The van der Waals surface area contributed by atoms with Crippen molar-refractivity contribution in [1.82, 2.24) is 4.57 Å². The number of hydrogen-bond donors (Lipinski definition) is 4. The van der Waals surface area contributed by atoms with E-state index >= 15 is 0 Å². The fraction of sp³-hybridized carbons (Fsp3) is 0.333. The highest BCUT2D eigenvalue weighted by Crippen LogP contribution is 2.34. The van der Waals surface area contributed by atoms with Crippen molar-refractivity contribution in [1.29, 1.82) is 0 Å². The fourth-order valence-electron chi connectivity index (χ4n) is 3.68. The summed E-state index contributed by atoms with van der Waals surface area (Å²) in [6.07, 6.45) is -3.86. The lowest BCUT2D eigenvalue weighted by molar-refractivity contribution is -0.231. The van der Waals surface area contributed by atoms with Gasteiger partial charge in [-0.2, -0.15) is 0 Å². The molecule has 2 aromatic carbocycles. The minimum absolute atomic E-state index is 0.448. The molecule has 1 aliphatic heterocycles. The summed E-state index contributed by atoms with van der Waals surface area (Å²) in [5.74, 6) is 0. The van der Waals surface area contributed by atoms with E-state index in [2.05, 4.69) is 4.57 Å². The maximum Gasteiger partial charge on any atom is 0.113 e. The van der Waals surface area contributed by atoms with Crippen LogP contribution in [0.4, 0.5) is 0 Å². The molecule has 0 amide bonds. The summed E-state index contributed by atoms with van der Waals surface area (Å²) in [6, 6.07) is 15.3. The number of aromatic nitrogens is 1. The topological polar surface area (TPSA) is 95.1 Å². The molecule has 4 N–H and O–H groups in total. The molecule has 3 aromatic rings. The normalized spacial score (nSPS) is 28.0. The third kappa shape index (κ3) is 3.55. The van der Waals surface area contributed by atoms with Crippen LogP contribution in [0.1, 0.15) is 17.2 Å². The van der Waals surface area contributed by atoms with Crippen molar-refractivity contribution in [2.24, 2.45) is 0 Å². The molecule has 148 valence electrons. The predicted octanol–water partition coefficient (Wildman–Crippen LogP) is 1.86. The number of hydrogen-bond acceptors (Lipinski definition) is 5. The van der Waals surface area contributed by atoms with E-state index in [-0.39, 0.29) is 0 Å². The van der Waals surface area contributed by atoms with E-state index in [4.69, 9.17) is 16.3 Å². The van der Waals surface area contributed by atoms with Gasteiger partial charge in [-0.3, -0.25) is 0 Å². The Morgan fingerprint density at radius 2 is 1.68 bits per heavy atom. The molecule has 1 fully saturated rings. The van der Waals surface area contributed by atoms with Gasteiger partial charge in [-0.25, -0.2) is 0 Å². The second kappa shape index (κ2) is 7.83. The standard InChI is InChI=1S/C21H22ClNO5/c22-15-5-1-12(2-6-15)10-23-8-7-13-3-4-14(9-16(13)23)21-20(27)19(26)18(25)17(11-24)28-21/h1-9,17-21,24-27H,10-11H2/t17-,18-,19+,20-,21+/m1/s1. The number of ether oxygens (including phenoxy) is 1. The number of rotatable bonds is 4. The van der Waals surface area contributed by atoms with Crippen LogP contribution in [0.15, 0.2) is 54.7 Å². The Kier molecular flexibility index (Phi) is 5.42. The molecule has 7 heteroatoms. The first-order valence-corrected chi connectivity index (χ1v) is 9.49. The Bertz CT molecular complexity index is 955. The summed E-state index contributed by atoms with van der Waals surface area (Å²) >= 11 is 5.95. The predicted molar refractivity (Wildman–Crippen MR) is 105 cm³/mol. The first-order valence-electron chi connectivity index (χ1n) is 9.11. The van der Waals surface area contributed by atoms with Gasteiger partial charge in [-0.1, -0.05) is 35.9 Å². The number of fused-ring (bicyclic) bond motifs is 1. The van der Waals surface area contributed by atoms with E-state index in [0.717, 1.165) is 16.5 Å². The lowest BCUT2D eigenvalue weighted by atomic mass is 9.91. The number of benzene rings is 2. The van der Waals surface area contributed by atoms with Gasteiger partial charge in [0.1, 0.15) is 30.5 Å². The number of aliphatic hydroxyl groups excluding tert-OH is 4. The van der Waals surface area contributed by atoms with Crippen molar-refractivity contribution in [3.63, 3.8) is 0 Å². The average molecular weight is 404 g/mol. The number of aliphatic hydroxyl groups is 4. The SMILES string of the molecule is OC[C@H]1O[C@@H](c2ccc3ccn(Cc4ccc(Cl)cc4)c3c2)[C@H](O)[C@@H](O)[C@@H]1O. The minimum atomic E-state index is -1.40. The summed E-state index contributed by atoms with van der Waals surface area (Å²) in [4.78, 5) is 0. The van der Waals surface area contributed by atoms with Crippen LogP contribution in [0.3, 0.4) is 0 Å². The summed E-state index contributed by atoms with van der Waals surface area (Å²) in [5.41, 5.74) is 2.71. The molecule has 2 heterocycles. The number of halogens is 1. The highest BCUT2D eigenvalue weighted by Gasteiger charge is 2.43. The van der Waals surface area contributed by atoms with Crippen molar-refractivity contribution in [2.45, 2.75) is 37.1 Å². The molecule has 0 radical (unpaired) electrons. The Hall–Kier alpha value is -1.93. The second-order valence-corrected chi connectivity index (χ2v) is 7.57. The van der Waals surface area contributed by atoms with Crippen molar-refractivity contribution >= 4 is 22.5 Å². The molecule has 6 nitrogen and oxygen atoms in total. The minimum Gasteiger partial charge on any atom is -0.394 e. The molecule has 1 aromatic heterocycles. The van der Waals surface area contributed by atoms with Crippen LogP contribution in [0.5, 0.6) is 0 Å². The molecule has 0 unspecified atom stereocenters. The van der Waals surface area contributed by atoms with E-state index in [9.17, 15) is 20.4 Å². The summed E-state index contributed by atoms with van der Waals surface area (Å²) in [5, 5.41) is 41.6. The monoisotopic (exact) mass is 403 g/mol. The van der Waals surface area contributed by atoms with Crippen LogP contribution in [0.25, 0.3) is 10.9 Å². The molecular weight excluding hydrogens is 382 g/mol. The van der Waals surface area contributed by atoms with Crippen LogP contribution in [-0.2, 0) is 11.3 Å². The molecule has 28 heavy (non-hydrogen) atoms. The molecule has 1 aliphatic rings. The van der Waals surface area contributed by atoms with Crippen LogP contribution in [-0.4, -0.2) is 56.0 Å². The molecule has 0 spiro atoms. The summed E-state index contributed by atoms with van der Waals surface area (Å²) < 4.78 is 7.75. The van der Waals surface area contributed by atoms with Gasteiger partial charge >= 0.3 is 0 Å². The Morgan fingerprint density at radius 1 is 0.929 bits per heavy atom. The van der Waals surface area contributed by atoms with Crippen molar-refractivity contribution in [3.8, 4) is 0 Å². The molecule has 0 bridgehead atoms. The van der Waals surface area contributed by atoms with Gasteiger partial charge in [0.25, 0.3) is 0 Å². The molecule has 1 saturated heterocycles. The van der Waals surface area contributed by atoms with E-state index in [1.807, 2.05) is 54.7 Å². The van der Waals surface area contributed by atoms with Crippen LogP contribution >= 0.6 is 11.6 Å². The molecule has 0 saturated carbocycles. The maximum absolute atomic E-state index is 10.4. The number of nitrogens with zero attached hydrogens (tertiary/aromatic N) is 1. The third-order valence-corrected chi connectivity index (χ3v) is 5.54. The Labute approximate surface area is 167 Å². The lowest BCUT2D eigenvalue weighted by Gasteiger charge is -2.40. The lowest BCUT2D eigenvalue weighted by Crippen LogP contribution is -2.55. The van der Waals surface area contributed by atoms with Gasteiger partial charge in [0.05, 0.1) is 6.61 Å². The first-order chi connectivity index (χ1) is 13.5. The zero-order valence-electron chi connectivity index (χ0n) is 15.0. The van der Waals surface area contributed by atoms with Crippen molar-refractivity contribution < 1.29 is 25.2 Å². The van der Waals surface area contributed by atoms with Crippen LogP contribution < -0.4 is 0 Å². The largest absolute Gasteiger partial charge is 0.394 e. The molecule has 4 rings (SSSR count). The summed E-state index contributed by atoms with van der Waals surface area (Å²) in [6.45, 7) is 0.204. The zero-order chi connectivity index (χ0) is 19.8. The van der Waals surface area contributed by atoms with Crippen molar-refractivity contribution in [2.75, 3.05) is 6.61 Å². The van der Waals surface area contributed by atoms with Gasteiger partial charge in [0.2, 0.25) is 0 Å². The van der Waals surface area contributed by atoms with Gasteiger partial charge in [-0.15, -0.1) is 0 Å². The van der Waals surface area contributed by atoms with E-state index in [1.165, 1.54) is 0 Å². The fourth-order valence-corrected chi connectivity index (χ4v) is 3.81. The quantitative estimate of drug-likeness (QED) is 0.533. The zero-order valence-corrected chi connectivity index (χ0v) is 15.8. The first kappa shape index (κ1) is 19.4. The van der Waals surface area contributed by atoms with Gasteiger partial charge < -0.3 is 29.7 Å². The van der Waals surface area contributed by atoms with Crippen molar-refractivity contribution in [3.05, 3.63) is 70.9 Å². The highest BCUT2D eigenvalue weighted by molar-refractivity contribution is 6.30. The Balaban J connectivity index is 1.66. The van der Waals surface area contributed by atoms with Gasteiger partial charge in [0.15, 0.2) is 0 Å². The third-order valence-electron chi connectivity index (χ3n) is 5.28. The average Bonchev–Trinajstić information content (AvgIpc) is 3.10. The smallest absolute Gasteiger partial charge is 0.113 e. The molecule has 0 aliphatic carbocycles. The highest BCUT2D eigenvalue weighted by atomic mass is 35.5. The van der Waals surface area contributed by atoms with Gasteiger partial charge in [-0.05, 0) is 40.8 Å². The van der Waals surface area contributed by atoms with Crippen LogP contribution in [0, 0.1) is 0 Å². The van der Waals surface area contributed by atoms with E-state index in [0.29, 0.717) is 17.1 Å². The Morgan fingerprint density at radius 3 is 2.39 bits per heavy atom. The van der Waals surface area contributed by atoms with E-state index in [1.54, 1.807) is 0 Å².